The molecule has 0 aromatic rings. The van der Waals surface area contributed by atoms with E-state index in [9.17, 15) is 9.59 Å². The third-order valence-corrected chi connectivity index (χ3v) is 2.87. The number of carbonyl (C=O) groups is 2. The third-order valence-electron chi connectivity index (χ3n) is 2.87. The molecule has 0 aliphatic carbocycles. The van der Waals surface area contributed by atoms with Crippen molar-refractivity contribution in [2.75, 3.05) is 26.2 Å². The second kappa shape index (κ2) is 5.97. The minimum absolute atomic E-state index is 0.0274. The second-order valence-electron chi connectivity index (χ2n) is 4.72. The summed E-state index contributed by atoms with van der Waals surface area (Å²) in [7, 11) is 0. The second-order valence-corrected chi connectivity index (χ2v) is 4.72. The van der Waals surface area contributed by atoms with Gasteiger partial charge < -0.3 is 20.5 Å². The molecule has 6 nitrogen and oxygen atoms in total. The topological polar surface area (TPSA) is 87.7 Å². The van der Waals surface area contributed by atoms with Gasteiger partial charge in [0.1, 0.15) is 6.61 Å². The van der Waals surface area contributed by atoms with E-state index in [1.54, 1.807) is 6.92 Å². The minimum atomic E-state index is -0.844. The Hall–Kier alpha value is -1.14. The standard InChI is InChI=1S/C11H20N2O4/c1-8(10(15)16)3-4-13-9(14)5-17-11(2)6-12-7-11/h8,12H,3-7H2,1-2H3,(H,13,14)(H,15,16). The first-order chi connectivity index (χ1) is 7.93. The maximum atomic E-state index is 11.4. The monoisotopic (exact) mass is 244 g/mol. The van der Waals surface area contributed by atoms with E-state index in [2.05, 4.69) is 10.6 Å². The van der Waals surface area contributed by atoms with E-state index in [0.29, 0.717) is 13.0 Å². The molecule has 6 heteroatoms. The summed E-state index contributed by atoms with van der Waals surface area (Å²) in [5.41, 5.74) is -0.230. The van der Waals surface area contributed by atoms with Gasteiger partial charge in [-0.25, -0.2) is 0 Å². The molecule has 1 atom stereocenters. The fourth-order valence-corrected chi connectivity index (χ4v) is 1.42. The van der Waals surface area contributed by atoms with Crippen LogP contribution in [0.5, 0.6) is 0 Å². The molecule has 0 saturated carbocycles. The number of ether oxygens (including phenoxy) is 1. The number of hydrogen-bond donors (Lipinski definition) is 3. The first-order valence-electron chi connectivity index (χ1n) is 5.77. The quantitative estimate of drug-likeness (QED) is 0.567. The van der Waals surface area contributed by atoms with E-state index in [-0.39, 0.29) is 18.1 Å². The van der Waals surface area contributed by atoms with Crippen molar-refractivity contribution in [1.29, 1.82) is 0 Å². The molecule has 1 fully saturated rings. The Balaban J connectivity index is 2.07. The lowest BCUT2D eigenvalue weighted by Gasteiger charge is -2.38. The summed E-state index contributed by atoms with van der Waals surface area (Å²) in [5.74, 6) is -1.48. The number of nitrogens with one attached hydrogen (secondary N) is 2. The van der Waals surface area contributed by atoms with Gasteiger partial charge in [-0.2, -0.15) is 0 Å². The molecule has 0 bridgehead atoms. The lowest BCUT2D eigenvalue weighted by molar-refractivity contribution is -0.141. The summed E-state index contributed by atoms with van der Waals surface area (Å²) >= 11 is 0. The Morgan fingerprint density at radius 3 is 2.65 bits per heavy atom. The third kappa shape index (κ3) is 4.70. The molecule has 1 saturated heterocycles. The fourth-order valence-electron chi connectivity index (χ4n) is 1.42. The zero-order valence-electron chi connectivity index (χ0n) is 10.3. The van der Waals surface area contributed by atoms with Gasteiger partial charge in [0.2, 0.25) is 5.91 Å². The number of aliphatic carboxylic acids is 1. The Bertz CT molecular complexity index is 289. The molecule has 98 valence electrons. The SMILES string of the molecule is CC(CCNC(=O)COC1(C)CNC1)C(=O)O. The molecular formula is C11H20N2O4. The van der Waals surface area contributed by atoms with Crippen LogP contribution < -0.4 is 10.6 Å². The van der Waals surface area contributed by atoms with E-state index in [1.165, 1.54) is 0 Å². The molecule has 3 N–H and O–H groups in total. The average molecular weight is 244 g/mol. The average Bonchev–Trinajstić information content (AvgIpc) is 2.23. The minimum Gasteiger partial charge on any atom is -0.481 e. The van der Waals surface area contributed by atoms with E-state index < -0.39 is 11.9 Å². The normalized spacial score (nSPS) is 19.2. The Labute approximate surface area is 101 Å². The van der Waals surface area contributed by atoms with Crippen molar-refractivity contribution in [3.63, 3.8) is 0 Å². The maximum absolute atomic E-state index is 11.4. The molecule has 1 aliphatic rings. The summed E-state index contributed by atoms with van der Waals surface area (Å²) < 4.78 is 5.44. The molecule has 0 aromatic carbocycles. The van der Waals surface area contributed by atoms with Crippen molar-refractivity contribution >= 4 is 11.9 Å². The van der Waals surface area contributed by atoms with Crippen molar-refractivity contribution in [3.05, 3.63) is 0 Å². The lowest BCUT2D eigenvalue weighted by atomic mass is 10.0. The van der Waals surface area contributed by atoms with Gasteiger partial charge in [0.15, 0.2) is 0 Å². The number of carboxylic acid groups (broad SMARTS) is 1. The molecule has 1 unspecified atom stereocenters. The largest absolute Gasteiger partial charge is 0.481 e. The zero-order chi connectivity index (χ0) is 12.9. The summed E-state index contributed by atoms with van der Waals surface area (Å²) in [4.78, 5) is 21.9. The fraction of sp³-hybridized carbons (Fsp3) is 0.818. The highest BCUT2D eigenvalue weighted by Gasteiger charge is 2.32. The number of rotatable bonds is 7. The highest BCUT2D eigenvalue weighted by molar-refractivity contribution is 5.77. The van der Waals surface area contributed by atoms with Crippen LogP contribution in [0.2, 0.25) is 0 Å². The van der Waals surface area contributed by atoms with Crippen LogP contribution in [-0.4, -0.2) is 48.8 Å². The van der Waals surface area contributed by atoms with Crippen LogP contribution in [0.15, 0.2) is 0 Å². The highest BCUT2D eigenvalue weighted by atomic mass is 16.5. The number of hydrogen-bond acceptors (Lipinski definition) is 4. The molecule has 0 radical (unpaired) electrons. The predicted octanol–water partition coefficient (Wildman–Crippen LogP) is -0.408. The van der Waals surface area contributed by atoms with Crippen LogP contribution in [-0.2, 0) is 14.3 Å². The van der Waals surface area contributed by atoms with Crippen LogP contribution in [0.25, 0.3) is 0 Å². The van der Waals surface area contributed by atoms with Gasteiger partial charge in [-0.1, -0.05) is 6.92 Å². The molecule has 0 spiro atoms. The lowest BCUT2D eigenvalue weighted by Crippen LogP contribution is -2.59. The van der Waals surface area contributed by atoms with Gasteiger partial charge in [0.25, 0.3) is 0 Å². The first-order valence-corrected chi connectivity index (χ1v) is 5.77. The number of carbonyl (C=O) groups excluding carboxylic acids is 1. The molecular weight excluding hydrogens is 224 g/mol. The first kappa shape index (κ1) is 13.9. The van der Waals surface area contributed by atoms with Crippen molar-refractivity contribution in [2.24, 2.45) is 5.92 Å². The summed E-state index contributed by atoms with van der Waals surface area (Å²) in [6.07, 6.45) is 0.430. The van der Waals surface area contributed by atoms with Gasteiger partial charge in [0, 0.05) is 19.6 Å². The summed E-state index contributed by atoms with van der Waals surface area (Å²) in [6.45, 7) is 5.48. The summed E-state index contributed by atoms with van der Waals surface area (Å²) in [5, 5.41) is 14.4. The number of carboxylic acids is 1. The van der Waals surface area contributed by atoms with Crippen LogP contribution in [0.4, 0.5) is 0 Å². The molecule has 1 amide bonds. The van der Waals surface area contributed by atoms with Gasteiger partial charge >= 0.3 is 5.97 Å². The molecule has 0 aromatic heterocycles. The van der Waals surface area contributed by atoms with E-state index >= 15 is 0 Å². The molecule has 1 rings (SSSR count). The van der Waals surface area contributed by atoms with E-state index in [0.717, 1.165) is 13.1 Å². The van der Waals surface area contributed by atoms with Crippen molar-refractivity contribution < 1.29 is 19.4 Å². The molecule has 1 heterocycles. The van der Waals surface area contributed by atoms with Gasteiger partial charge in [-0.15, -0.1) is 0 Å². The molecule has 17 heavy (non-hydrogen) atoms. The smallest absolute Gasteiger partial charge is 0.306 e. The maximum Gasteiger partial charge on any atom is 0.306 e. The Morgan fingerprint density at radius 1 is 1.53 bits per heavy atom. The van der Waals surface area contributed by atoms with Gasteiger partial charge in [0.05, 0.1) is 11.5 Å². The van der Waals surface area contributed by atoms with E-state index in [1.807, 2.05) is 6.92 Å². The summed E-state index contributed by atoms with van der Waals surface area (Å²) in [6, 6.07) is 0. The van der Waals surface area contributed by atoms with Crippen molar-refractivity contribution in [3.8, 4) is 0 Å². The van der Waals surface area contributed by atoms with Gasteiger partial charge in [-0.3, -0.25) is 9.59 Å². The van der Waals surface area contributed by atoms with Crippen molar-refractivity contribution in [1.82, 2.24) is 10.6 Å². The van der Waals surface area contributed by atoms with Gasteiger partial charge in [-0.05, 0) is 13.3 Å². The molecule has 1 aliphatic heterocycles. The predicted molar refractivity (Wildman–Crippen MR) is 61.7 cm³/mol. The Kier molecular flexibility index (Phi) is 4.89. The zero-order valence-corrected chi connectivity index (χ0v) is 10.3. The van der Waals surface area contributed by atoms with Crippen LogP contribution in [0.1, 0.15) is 20.3 Å². The number of amides is 1. The Morgan fingerprint density at radius 2 is 2.18 bits per heavy atom. The van der Waals surface area contributed by atoms with Crippen LogP contribution in [0.3, 0.4) is 0 Å². The highest BCUT2D eigenvalue weighted by Crippen LogP contribution is 2.14. The van der Waals surface area contributed by atoms with E-state index in [4.69, 9.17) is 9.84 Å². The van der Waals surface area contributed by atoms with Crippen LogP contribution in [0, 0.1) is 5.92 Å². The van der Waals surface area contributed by atoms with Crippen LogP contribution >= 0.6 is 0 Å². The van der Waals surface area contributed by atoms with Crippen molar-refractivity contribution in [2.45, 2.75) is 25.9 Å².